The SMILES string of the molecule is COc1ccc(C(C)=O)cc1CS(=O)CCC(C)C. The first-order valence-corrected chi connectivity index (χ1v) is 7.95. The Labute approximate surface area is 117 Å². The molecule has 0 aliphatic rings. The first-order valence-electron chi connectivity index (χ1n) is 6.47. The van der Waals surface area contributed by atoms with E-state index < -0.39 is 10.8 Å². The Hall–Kier alpha value is -1.16. The number of ketones is 1. The van der Waals surface area contributed by atoms with Crippen LogP contribution in [0.25, 0.3) is 0 Å². The quantitative estimate of drug-likeness (QED) is 0.721. The van der Waals surface area contributed by atoms with Gasteiger partial charge in [-0.15, -0.1) is 0 Å². The maximum atomic E-state index is 12.0. The molecule has 1 aromatic rings. The van der Waals surface area contributed by atoms with Gasteiger partial charge in [-0.05, 0) is 37.5 Å². The molecule has 0 N–H and O–H groups in total. The van der Waals surface area contributed by atoms with Crippen LogP contribution >= 0.6 is 0 Å². The highest BCUT2D eigenvalue weighted by Crippen LogP contribution is 2.22. The molecule has 19 heavy (non-hydrogen) atoms. The fourth-order valence-electron chi connectivity index (χ4n) is 1.72. The highest BCUT2D eigenvalue weighted by atomic mass is 32.2. The van der Waals surface area contributed by atoms with E-state index in [0.29, 0.717) is 28.7 Å². The Morgan fingerprint density at radius 3 is 2.58 bits per heavy atom. The van der Waals surface area contributed by atoms with Gasteiger partial charge in [0.25, 0.3) is 0 Å². The van der Waals surface area contributed by atoms with Gasteiger partial charge in [0.05, 0.1) is 12.9 Å². The van der Waals surface area contributed by atoms with E-state index in [4.69, 9.17) is 4.74 Å². The zero-order valence-corrected chi connectivity index (χ0v) is 12.9. The molecule has 0 radical (unpaired) electrons. The Morgan fingerprint density at radius 1 is 1.37 bits per heavy atom. The molecule has 0 saturated carbocycles. The molecule has 1 unspecified atom stereocenters. The minimum Gasteiger partial charge on any atom is -0.496 e. The van der Waals surface area contributed by atoms with Crippen LogP contribution in [0.4, 0.5) is 0 Å². The Bertz CT molecular complexity index is 466. The monoisotopic (exact) mass is 282 g/mol. The van der Waals surface area contributed by atoms with Crippen LogP contribution < -0.4 is 4.74 Å². The Balaban J connectivity index is 2.82. The molecule has 0 aliphatic carbocycles. The second kappa shape index (κ2) is 7.43. The number of methoxy groups -OCH3 is 1. The van der Waals surface area contributed by atoms with Crippen molar-refractivity contribution in [3.8, 4) is 5.75 Å². The molecule has 0 bridgehead atoms. The van der Waals surface area contributed by atoms with Gasteiger partial charge in [-0.25, -0.2) is 0 Å². The van der Waals surface area contributed by atoms with Gasteiger partial charge < -0.3 is 4.74 Å². The predicted octanol–water partition coefficient (Wildman–Crippen LogP) is 3.19. The van der Waals surface area contributed by atoms with E-state index in [0.717, 1.165) is 12.0 Å². The highest BCUT2D eigenvalue weighted by molar-refractivity contribution is 7.84. The third kappa shape index (κ3) is 5.15. The van der Waals surface area contributed by atoms with Gasteiger partial charge in [0.2, 0.25) is 0 Å². The first-order chi connectivity index (χ1) is 8.93. The molecule has 4 heteroatoms. The van der Waals surface area contributed by atoms with E-state index in [1.54, 1.807) is 25.3 Å². The van der Waals surface area contributed by atoms with Crippen LogP contribution in [0.5, 0.6) is 5.75 Å². The lowest BCUT2D eigenvalue weighted by molar-refractivity contribution is 0.101. The molecular weight excluding hydrogens is 260 g/mol. The van der Waals surface area contributed by atoms with Crippen LogP contribution in [0.15, 0.2) is 18.2 Å². The van der Waals surface area contributed by atoms with Crippen molar-refractivity contribution in [2.75, 3.05) is 12.9 Å². The molecular formula is C15H22O3S. The maximum Gasteiger partial charge on any atom is 0.159 e. The number of benzene rings is 1. The molecule has 0 aromatic heterocycles. The predicted molar refractivity (Wildman–Crippen MR) is 79.2 cm³/mol. The standard InChI is InChI=1S/C15H22O3S/c1-11(2)7-8-19(17)10-14-9-13(12(3)16)5-6-15(14)18-4/h5-6,9,11H,7-8,10H2,1-4H3. The van der Waals surface area contributed by atoms with Crippen molar-refractivity contribution in [3.05, 3.63) is 29.3 Å². The van der Waals surface area contributed by atoms with Crippen LogP contribution in [0.3, 0.4) is 0 Å². The normalized spacial score (nSPS) is 12.5. The summed E-state index contributed by atoms with van der Waals surface area (Å²) in [5, 5.41) is 0. The van der Waals surface area contributed by atoms with Crippen molar-refractivity contribution in [3.63, 3.8) is 0 Å². The second-order valence-corrected chi connectivity index (χ2v) is 6.63. The minimum atomic E-state index is -0.916. The third-order valence-corrected chi connectivity index (χ3v) is 4.25. The second-order valence-electron chi connectivity index (χ2n) is 5.05. The van der Waals surface area contributed by atoms with E-state index in [-0.39, 0.29) is 5.78 Å². The average Bonchev–Trinajstić information content (AvgIpc) is 2.36. The van der Waals surface area contributed by atoms with Gasteiger partial charge in [-0.1, -0.05) is 13.8 Å². The number of ether oxygens (including phenoxy) is 1. The summed E-state index contributed by atoms with van der Waals surface area (Å²) in [5.41, 5.74) is 1.48. The van der Waals surface area contributed by atoms with Crippen molar-refractivity contribution in [1.29, 1.82) is 0 Å². The molecule has 0 aliphatic heterocycles. The number of carbonyl (C=O) groups excluding carboxylic acids is 1. The summed E-state index contributed by atoms with van der Waals surface area (Å²) in [6, 6.07) is 5.29. The van der Waals surface area contributed by atoms with Crippen LogP contribution in [-0.2, 0) is 16.6 Å². The minimum absolute atomic E-state index is 0.0110. The molecule has 1 rings (SSSR count). The van der Waals surface area contributed by atoms with Crippen molar-refractivity contribution in [2.24, 2.45) is 5.92 Å². The van der Waals surface area contributed by atoms with E-state index in [2.05, 4.69) is 13.8 Å². The van der Waals surface area contributed by atoms with E-state index >= 15 is 0 Å². The maximum absolute atomic E-state index is 12.0. The topological polar surface area (TPSA) is 43.4 Å². The number of rotatable bonds is 7. The van der Waals surface area contributed by atoms with Gasteiger partial charge in [0.15, 0.2) is 5.78 Å². The van der Waals surface area contributed by atoms with E-state index in [9.17, 15) is 9.00 Å². The first kappa shape index (κ1) is 15.9. The third-order valence-electron chi connectivity index (χ3n) is 2.93. The van der Waals surface area contributed by atoms with E-state index in [1.807, 2.05) is 0 Å². The fraction of sp³-hybridized carbons (Fsp3) is 0.533. The summed E-state index contributed by atoms with van der Waals surface area (Å²) in [5.74, 6) is 2.39. The summed E-state index contributed by atoms with van der Waals surface area (Å²) in [7, 11) is 0.670. The van der Waals surface area contributed by atoms with E-state index in [1.165, 1.54) is 6.92 Å². The number of Topliss-reactive ketones (excluding diaryl/α,β-unsaturated/α-hetero) is 1. The summed E-state index contributed by atoms with van der Waals surface area (Å²) in [4.78, 5) is 11.4. The number of hydrogen-bond acceptors (Lipinski definition) is 3. The summed E-state index contributed by atoms with van der Waals surface area (Å²) in [6.07, 6.45) is 0.946. The fourth-order valence-corrected chi connectivity index (χ4v) is 3.17. The molecule has 0 heterocycles. The van der Waals surface area contributed by atoms with Crippen LogP contribution in [0, 0.1) is 5.92 Å². The average molecular weight is 282 g/mol. The number of carbonyl (C=O) groups is 1. The molecule has 0 saturated heterocycles. The zero-order valence-electron chi connectivity index (χ0n) is 12.1. The summed E-state index contributed by atoms with van der Waals surface area (Å²) in [6.45, 7) is 5.77. The molecule has 0 amide bonds. The van der Waals surface area contributed by atoms with Crippen molar-refractivity contribution >= 4 is 16.6 Å². The molecule has 1 aromatic carbocycles. The highest BCUT2D eigenvalue weighted by Gasteiger charge is 2.11. The summed E-state index contributed by atoms with van der Waals surface area (Å²) < 4.78 is 17.3. The lowest BCUT2D eigenvalue weighted by Crippen LogP contribution is -2.06. The molecule has 3 nitrogen and oxygen atoms in total. The van der Waals surface area contributed by atoms with Crippen molar-refractivity contribution in [2.45, 2.75) is 32.9 Å². The summed E-state index contributed by atoms with van der Waals surface area (Å²) >= 11 is 0. The smallest absolute Gasteiger partial charge is 0.159 e. The lowest BCUT2D eigenvalue weighted by Gasteiger charge is -2.10. The molecule has 0 spiro atoms. The zero-order chi connectivity index (χ0) is 14.4. The van der Waals surface area contributed by atoms with Gasteiger partial charge in [-0.3, -0.25) is 9.00 Å². The van der Waals surface area contributed by atoms with Gasteiger partial charge in [0.1, 0.15) is 5.75 Å². The Morgan fingerprint density at radius 2 is 2.05 bits per heavy atom. The van der Waals surface area contributed by atoms with Gasteiger partial charge in [0, 0.05) is 27.7 Å². The van der Waals surface area contributed by atoms with Gasteiger partial charge in [-0.2, -0.15) is 0 Å². The van der Waals surface area contributed by atoms with Gasteiger partial charge >= 0.3 is 0 Å². The van der Waals surface area contributed by atoms with Crippen LogP contribution in [0.2, 0.25) is 0 Å². The molecule has 106 valence electrons. The number of hydrogen-bond donors (Lipinski definition) is 0. The molecule has 0 fully saturated rings. The Kier molecular flexibility index (Phi) is 6.22. The van der Waals surface area contributed by atoms with Crippen molar-refractivity contribution < 1.29 is 13.7 Å². The lowest BCUT2D eigenvalue weighted by atomic mass is 10.1. The van der Waals surface area contributed by atoms with Crippen LogP contribution in [-0.4, -0.2) is 22.9 Å². The molecule has 1 atom stereocenters. The van der Waals surface area contributed by atoms with Crippen molar-refractivity contribution in [1.82, 2.24) is 0 Å². The van der Waals surface area contributed by atoms with Crippen LogP contribution in [0.1, 0.15) is 43.1 Å². The largest absolute Gasteiger partial charge is 0.496 e.